The Labute approximate surface area is 292 Å². The molecule has 16 heteroatoms. The molecule has 2 amide bonds. The predicted molar refractivity (Wildman–Crippen MR) is 180 cm³/mol. The van der Waals surface area contributed by atoms with E-state index in [0.717, 1.165) is 24.3 Å². The van der Waals surface area contributed by atoms with Crippen molar-refractivity contribution in [3.63, 3.8) is 0 Å². The molecule has 52 heavy (non-hydrogen) atoms. The van der Waals surface area contributed by atoms with Crippen molar-refractivity contribution in [3.8, 4) is 5.88 Å². The summed E-state index contributed by atoms with van der Waals surface area (Å²) in [5.41, 5.74) is 0.570. The number of benzene rings is 2. The number of aromatic nitrogens is 4. The molecule has 0 bridgehead atoms. The van der Waals surface area contributed by atoms with E-state index in [0.29, 0.717) is 44.6 Å². The monoisotopic (exact) mass is 721 g/mol. The first-order valence-corrected chi connectivity index (χ1v) is 15.4. The summed E-state index contributed by atoms with van der Waals surface area (Å²) < 4.78 is 81.7. The Hall–Kier alpha value is -6.32. The number of pyridine rings is 4. The molecular formula is C36H29F6N7O3. The van der Waals surface area contributed by atoms with Crippen molar-refractivity contribution in [2.24, 2.45) is 0 Å². The predicted octanol–water partition coefficient (Wildman–Crippen LogP) is 7.21. The van der Waals surface area contributed by atoms with Gasteiger partial charge in [-0.15, -0.1) is 0 Å². The first kappa shape index (κ1) is 36.9. The number of halogens is 6. The minimum Gasteiger partial charge on any atom is -0.480 e. The Kier molecular flexibility index (Phi) is 11.2. The van der Waals surface area contributed by atoms with Gasteiger partial charge < -0.3 is 20.7 Å². The van der Waals surface area contributed by atoms with Crippen molar-refractivity contribution >= 4 is 39.7 Å². The van der Waals surface area contributed by atoms with Gasteiger partial charge in [0.05, 0.1) is 23.8 Å². The van der Waals surface area contributed by atoms with Crippen LogP contribution >= 0.6 is 0 Å². The Morgan fingerprint density at radius 1 is 0.654 bits per heavy atom. The van der Waals surface area contributed by atoms with Crippen LogP contribution in [-0.2, 0) is 25.4 Å². The number of alkyl halides is 6. The standard InChI is InChI=1S/C18H15F3N4O.C18H14F3N3O2/c1-22-16-14(9-12-5-3-7-23-15(12)25-16)17(26)24-10-11-4-2-6-13(8-11)18(19,20)21;1-26-17-14(9-12-5-3-7-22-15(12)24-17)16(25)23-10-11-4-2-6-13(8-11)18(19,20)21/h2-9H,10H2,1H3,(H,24,26)(H,22,23,25);2-9H,10H2,1H3,(H,23,25). The number of hydrogen-bond acceptors (Lipinski definition) is 8. The molecule has 0 saturated heterocycles. The van der Waals surface area contributed by atoms with Crippen LogP contribution in [0.4, 0.5) is 32.2 Å². The summed E-state index contributed by atoms with van der Waals surface area (Å²) in [7, 11) is 3.00. The summed E-state index contributed by atoms with van der Waals surface area (Å²) >= 11 is 0. The summed E-state index contributed by atoms with van der Waals surface area (Å²) in [5, 5.41) is 9.39. The van der Waals surface area contributed by atoms with E-state index in [9.17, 15) is 35.9 Å². The van der Waals surface area contributed by atoms with E-state index in [2.05, 4.69) is 35.9 Å². The quantitative estimate of drug-likeness (QED) is 0.141. The number of nitrogens with one attached hydrogen (secondary N) is 3. The maximum atomic E-state index is 12.8. The number of rotatable bonds is 8. The number of hydrogen-bond donors (Lipinski definition) is 3. The van der Waals surface area contributed by atoms with Crippen molar-refractivity contribution in [1.29, 1.82) is 0 Å². The summed E-state index contributed by atoms with van der Waals surface area (Å²) in [6.45, 7) is -0.0893. The van der Waals surface area contributed by atoms with Gasteiger partial charge in [-0.05, 0) is 71.8 Å². The lowest BCUT2D eigenvalue weighted by atomic mass is 10.1. The minimum atomic E-state index is -4.43. The van der Waals surface area contributed by atoms with Crippen LogP contribution in [0.1, 0.15) is 43.0 Å². The average molecular weight is 722 g/mol. The lowest BCUT2D eigenvalue weighted by molar-refractivity contribution is -0.138. The van der Waals surface area contributed by atoms with E-state index in [4.69, 9.17) is 4.74 Å². The van der Waals surface area contributed by atoms with Gasteiger partial charge in [-0.1, -0.05) is 24.3 Å². The van der Waals surface area contributed by atoms with Crippen LogP contribution in [0.3, 0.4) is 0 Å². The third kappa shape index (κ3) is 9.07. The first-order chi connectivity index (χ1) is 24.8. The van der Waals surface area contributed by atoms with E-state index < -0.39 is 35.3 Å². The van der Waals surface area contributed by atoms with Crippen molar-refractivity contribution in [2.75, 3.05) is 19.5 Å². The molecule has 0 radical (unpaired) electrons. The zero-order valence-corrected chi connectivity index (χ0v) is 27.4. The van der Waals surface area contributed by atoms with Gasteiger partial charge in [0.1, 0.15) is 11.4 Å². The van der Waals surface area contributed by atoms with Gasteiger partial charge in [0.25, 0.3) is 11.8 Å². The SMILES string of the molecule is CNc1nc2ncccc2cc1C(=O)NCc1cccc(C(F)(F)F)c1.COc1nc2ncccc2cc1C(=O)NCc1cccc(C(F)(F)F)c1. The molecule has 0 spiro atoms. The lowest BCUT2D eigenvalue weighted by Crippen LogP contribution is -2.24. The van der Waals surface area contributed by atoms with Crippen LogP contribution in [0.15, 0.2) is 97.3 Å². The summed E-state index contributed by atoms with van der Waals surface area (Å²) in [4.78, 5) is 41.6. The smallest absolute Gasteiger partial charge is 0.416 e. The summed E-state index contributed by atoms with van der Waals surface area (Å²) in [6.07, 6.45) is -5.68. The molecule has 2 aromatic carbocycles. The molecule has 4 heterocycles. The average Bonchev–Trinajstić information content (AvgIpc) is 3.14. The molecule has 6 rings (SSSR count). The molecule has 0 fully saturated rings. The molecule has 0 saturated carbocycles. The van der Waals surface area contributed by atoms with Crippen molar-refractivity contribution in [2.45, 2.75) is 25.4 Å². The van der Waals surface area contributed by atoms with Gasteiger partial charge in [-0.3, -0.25) is 9.59 Å². The van der Waals surface area contributed by atoms with Crippen LogP contribution in [0, 0.1) is 0 Å². The van der Waals surface area contributed by atoms with E-state index >= 15 is 0 Å². The van der Waals surface area contributed by atoms with Gasteiger partial charge in [0.2, 0.25) is 5.88 Å². The number of amides is 2. The van der Waals surface area contributed by atoms with Gasteiger partial charge in [-0.25, -0.2) is 15.0 Å². The molecule has 0 unspecified atom stereocenters. The lowest BCUT2D eigenvalue weighted by Gasteiger charge is -2.12. The van der Waals surface area contributed by atoms with Crippen molar-refractivity contribution < 1.29 is 40.7 Å². The molecule has 6 aromatic rings. The largest absolute Gasteiger partial charge is 0.480 e. The second-order valence-electron chi connectivity index (χ2n) is 11.0. The van der Waals surface area contributed by atoms with Crippen molar-refractivity contribution in [3.05, 3.63) is 131 Å². The Morgan fingerprint density at radius 2 is 1.13 bits per heavy atom. The van der Waals surface area contributed by atoms with E-state index in [1.165, 1.54) is 31.4 Å². The van der Waals surface area contributed by atoms with Crippen LogP contribution in [0.2, 0.25) is 0 Å². The molecule has 0 aliphatic heterocycles. The number of carbonyl (C=O) groups is 2. The fraction of sp³-hybridized carbons (Fsp3) is 0.167. The maximum absolute atomic E-state index is 12.8. The fourth-order valence-corrected chi connectivity index (χ4v) is 4.95. The first-order valence-electron chi connectivity index (χ1n) is 15.4. The Bertz CT molecular complexity index is 2070. The highest BCUT2D eigenvalue weighted by atomic mass is 19.4. The molecule has 0 aliphatic rings. The van der Waals surface area contributed by atoms with Crippen LogP contribution in [0.25, 0.3) is 22.1 Å². The van der Waals surface area contributed by atoms with Crippen LogP contribution in [-0.4, -0.2) is 45.9 Å². The fourth-order valence-electron chi connectivity index (χ4n) is 4.95. The van der Waals surface area contributed by atoms with E-state index in [1.54, 1.807) is 55.8 Å². The molecular weight excluding hydrogens is 692 g/mol. The van der Waals surface area contributed by atoms with Crippen LogP contribution < -0.4 is 20.7 Å². The van der Waals surface area contributed by atoms with Gasteiger partial charge in [0, 0.05) is 43.3 Å². The topological polar surface area (TPSA) is 131 Å². The molecule has 268 valence electrons. The zero-order chi connectivity index (χ0) is 37.5. The molecule has 3 N–H and O–H groups in total. The van der Waals surface area contributed by atoms with E-state index in [1.807, 2.05) is 0 Å². The highest BCUT2D eigenvalue weighted by molar-refractivity contribution is 6.02. The number of methoxy groups -OCH3 is 1. The maximum Gasteiger partial charge on any atom is 0.416 e. The third-order valence-corrected chi connectivity index (χ3v) is 7.48. The number of anilines is 1. The molecule has 0 aliphatic carbocycles. The Balaban J connectivity index is 0.000000201. The van der Waals surface area contributed by atoms with Gasteiger partial charge in [0.15, 0.2) is 11.3 Å². The van der Waals surface area contributed by atoms with Gasteiger partial charge >= 0.3 is 12.4 Å². The zero-order valence-electron chi connectivity index (χ0n) is 27.4. The number of carbonyl (C=O) groups excluding carboxylic acids is 2. The summed E-state index contributed by atoms with van der Waals surface area (Å²) in [5.74, 6) is -0.502. The summed E-state index contributed by atoms with van der Waals surface area (Å²) in [6, 6.07) is 19.8. The highest BCUT2D eigenvalue weighted by Gasteiger charge is 2.31. The number of fused-ring (bicyclic) bond motifs is 2. The number of ether oxygens (including phenoxy) is 1. The second-order valence-corrected chi connectivity index (χ2v) is 11.0. The Morgan fingerprint density at radius 3 is 1.62 bits per heavy atom. The normalized spacial score (nSPS) is 11.4. The second kappa shape index (κ2) is 15.7. The molecule has 0 atom stereocenters. The molecule has 10 nitrogen and oxygen atoms in total. The van der Waals surface area contributed by atoms with Gasteiger partial charge in [-0.2, -0.15) is 31.3 Å². The highest BCUT2D eigenvalue weighted by Crippen LogP contribution is 2.31. The van der Waals surface area contributed by atoms with Crippen molar-refractivity contribution in [1.82, 2.24) is 30.6 Å². The van der Waals surface area contributed by atoms with Crippen LogP contribution in [0.5, 0.6) is 5.88 Å². The number of nitrogens with zero attached hydrogens (tertiary/aromatic N) is 4. The third-order valence-electron chi connectivity index (χ3n) is 7.48. The van der Waals surface area contributed by atoms with E-state index in [-0.39, 0.29) is 24.5 Å². The molecule has 4 aromatic heterocycles. The minimum absolute atomic E-state index is 0.0308.